The Kier molecular flexibility index (Phi) is 7.49. The van der Waals surface area contributed by atoms with Crippen molar-refractivity contribution in [1.82, 2.24) is 14.6 Å². The molecule has 208 valence electrons. The molecule has 11 heteroatoms. The molecule has 10 nitrogen and oxygen atoms in total. The second-order valence-electron chi connectivity index (χ2n) is 10.00. The number of ether oxygens (including phenoxy) is 1. The lowest BCUT2D eigenvalue weighted by Gasteiger charge is -2.17. The smallest absolute Gasteiger partial charge is 0.440 e. The van der Waals surface area contributed by atoms with E-state index in [2.05, 4.69) is 0 Å². The Bertz CT molecular complexity index is 1770. The van der Waals surface area contributed by atoms with Crippen LogP contribution >= 0.6 is 0 Å². The fraction of sp³-hybridized carbons (Fsp3) is 0.276. The highest BCUT2D eigenvalue weighted by molar-refractivity contribution is 7.91. The fourth-order valence-electron chi connectivity index (χ4n) is 4.84. The molecule has 1 aliphatic rings. The topological polar surface area (TPSA) is 132 Å². The zero-order valence-corrected chi connectivity index (χ0v) is 22.9. The molecular weight excluding hydrogens is 534 g/mol. The van der Waals surface area contributed by atoms with Crippen LogP contribution in [0.25, 0.3) is 11.1 Å². The number of hydrogen-bond acceptors (Lipinski definition) is 7. The highest BCUT2D eigenvalue weighted by Gasteiger charge is 2.33. The van der Waals surface area contributed by atoms with Crippen molar-refractivity contribution in [3.05, 3.63) is 110 Å². The van der Waals surface area contributed by atoms with Gasteiger partial charge in [0.05, 0.1) is 11.8 Å². The van der Waals surface area contributed by atoms with Crippen LogP contribution in [-0.2, 0) is 23.0 Å². The number of aryl methyl sites for hydroxylation is 1. The molecule has 1 unspecified atom stereocenters. The number of H-pyrrole nitrogens is 1. The second-order valence-corrected chi connectivity index (χ2v) is 12.3. The van der Waals surface area contributed by atoms with Crippen molar-refractivity contribution in [3.8, 4) is 16.9 Å². The van der Waals surface area contributed by atoms with Crippen LogP contribution < -0.4 is 16.2 Å². The van der Waals surface area contributed by atoms with E-state index in [9.17, 15) is 22.8 Å². The molecule has 4 aromatic rings. The van der Waals surface area contributed by atoms with Gasteiger partial charge in [0, 0.05) is 24.9 Å². The van der Waals surface area contributed by atoms with Gasteiger partial charge in [-0.3, -0.25) is 4.79 Å². The molecule has 0 radical (unpaired) electrons. The van der Waals surface area contributed by atoms with Crippen molar-refractivity contribution in [2.45, 2.75) is 31.7 Å². The summed E-state index contributed by atoms with van der Waals surface area (Å²) in [6, 6.07) is 20.7. The van der Waals surface area contributed by atoms with Gasteiger partial charge in [-0.05, 0) is 71.5 Å². The summed E-state index contributed by atoms with van der Waals surface area (Å²) in [4.78, 5) is 39.4. The molecule has 0 bridgehead atoms. The van der Waals surface area contributed by atoms with Gasteiger partial charge < -0.3 is 14.2 Å². The molecule has 1 aliphatic heterocycles. The minimum absolute atomic E-state index is 0.128. The number of amides is 1. The molecule has 5 rings (SSSR count). The van der Waals surface area contributed by atoms with Gasteiger partial charge in [0.15, 0.2) is 9.84 Å². The molecule has 3 aromatic carbocycles. The molecule has 1 fully saturated rings. The first kappa shape index (κ1) is 27.2. The summed E-state index contributed by atoms with van der Waals surface area (Å²) in [5.41, 5.74) is 4.60. The van der Waals surface area contributed by atoms with Crippen LogP contribution in [0.5, 0.6) is 5.75 Å². The zero-order valence-electron chi connectivity index (χ0n) is 22.1. The number of nitrogens with zero attached hydrogens (tertiary/aromatic N) is 2. The van der Waals surface area contributed by atoms with Crippen LogP contribution in [0.3, 0.4) is 0 Å². The maximum absolute atomic E-state index is 13.0. The van der Waals surface area contributed by atoms with E-state index in [1.165, 1.54) is 6.26 Å². The van der Waals surface area contributed by atoms with E-state index in [0.717, 1.165) is 32.6 Å². The van der Waals surface area contributed by atoms with Crippen LogP contribution in [0.15, 0.2) is 80.8 Å². The first-order chi connectivity index (χ1) is 19.1. The van der Waals surface area contributed by atoms with E-state index in [1.54, 1.807) is 35.2 Å². The van der Waals surface area contributed by atoms with E-state index in [1.807, 2.05) is 48.3 Å². The minimum atomic E-state index is -3.17. The first-order valence-electron chi connectivity index (χ1n) is 12.8. The van der Waals surface area contributed by atoms with E-state index in [-0.39, 0.29) is 19.0 Å². The molecule has 0 saturated carbocycles. The van der Waals surface area contributed by atoms with Crippen LogP contribution in [0.4, 0.5) is 0 Å². The molecule has 1 aromatic heterocycles. The number of sulfone groups is 1. The van der Waals surface area contributed by atoms with Crippen molar-refractivity contribution < 1.29 is 22.5 Å². The third-order valence-corrected chi connectivity index (χ3v) is 8.63. The Balaban J connectivity index is 1.23. The third-order valence-electron chi connectivity index (χ3n) is 7.03. The standard InChI is InChI=1S/C29H29N3O7S/c1-19-14-23(27(33)31-13-12-25(17-31)40(2,36)37)8-11-26(19)22-5-3-4-21(15-22)18-38-24-9-6-20(7-10-24)16-32-28(34)30-29(35)39-32/h3-11,14-15,25H,12-13,16-18H2,1-2H3,(H,30,34,35). The average molecular weight is 564 g/mol. The lowest BCUT2D eigenvalue weighted by molar-refractivity contribution is 0.0793. The van der Waals surface area contributed by atoms with Crippen molar-refractivity contribution in [3.63, 3.8) is 0 Å². The van der Waals surface area contributed by atoms with Gasteiger partial charge in [0.1, 0.15) is 12.4 Å². The molecule has 40 heavy (non-hydrogen) atoms. The van der Waals surface area contributed by atoms with Gasteiger partial charge >= 0.3 is 11.4 Å². The summed E-state index contributed by atoms with van der Waals surface area (Å²) in [5, 5.41) is -0.501. The maximum Gasteiger partial charge on any atom is 0.440 e. The van der Waals surface area contributed by atoms with Crippen LogP contribution in [-0.4, -0.2) is 53.5 Å². The van der Waals surface area contributed by atoms with Gasteiger partial charge in [-0.15, -0.1) is 4.74 Å². The molecule has 2 heterocycles. The summed E-state index contributed by atoms with van der Waals surface area (Å²) in [6.45, 7) is 3.09. The fourth-order valence-corrected chi connectivity index (χ4v) is 5.82. The minimum Gasteiger partial charge on any atom is -0.489 e. The Morgan fingerprint density at radius 3 is 2.48 bits per heavy atom. The zero-order chi connectivity index (χ0) is 28.4. The van der Waals surface area contributed by atoms with Crippen molar-refractivity contribution in [2.24, 2.45) is 0 Å². The Morgan fingerprint density at radius 2 is 1.82 bits per heavy atom. The molecule has 1 amide bonds. The first-order valence-corrected chi connectivity index (χ1v) is 14.7. The summed E-state index contributed by atoms with van der Waals surface area (Å²) in [6.07, 6.45) is 1.69. The van der Waals surface area contributed by atoms with Crippen LogP contribution in [0, 0.1) is 6.92 Å². The van der Waals surface area contributed by atoms with Gasteiger partial charge in [-0.25, -0.2) is 23.0 Å². The van der Waals surface area contributed by atoms with Crippen LogP contribution in [0.1, 0.15) is 33.5 Å². The number of benzene rings is 3. The highest BCUT2D eigenvalue weighted by atomic mass is 32.2. The number of aromatic amines is 1. The van der Waals surface area contributed by atoms with E-state index < -0.39 is 26.5 Å². The van der Waals surface area contributed by atoms with Crippen molar-refractivity contribution in [2.75, 3.05) is 19.3 Å². The average Bonchev–Trinajstić information content (AvgIpc) is 3.54. The van der Waals surface area contributed by atoms with E-state index in [4.69, 9.17) is 9.26 Å². The number of carbonyl (C=O) groups is 1. The number of nitrogens with one attached hydrogen (secondary N) is 1. The Morgan fingerprint density at radius 1 is 1.05 bits per heavy atom. The molecule has 1 atom stereocenters. The van der Waals surface area contributed by atoms with Crippen molar-refractivity contribution >= 4 is 15.7 Å². The molecular formula is C29H29N3O7S. The lowest BCUT2D eigenvalue weighted by atomic mass is 9.97. The lowest BCUT2D eigenvalue weighted by Crippen LogP contribution is -2.31. The number of carbonyl (C=O) groups excluding carboxylic acids is 1. The number of rotatable bonds is 8. The van der Waals surface area contributed by atoms with E-state index >= 15 is 0 Å². The molecule has 1 saturated heterocycles. The maximum atomic E-state index is 13.0. The SMILES string of the molecule is Cc1cc(C(=O)N2CCC(S(C)(=O)=O)C2)ccc1-c1cccc(COc2ccc(Cn3oc(=O)[nH]c3=O)cc2)c1. The predicted molar refractivity (Wildman–Crippen MR) is 149 cm³/mol. The van der Waals surface area contributed by atoms with Gasteiger partial charge in [0.2, 0.25) is 0 Å². The number of hydrogen-bond donors (Lipinski definition) is 1. The summed E-state index contributed by atoms with van der Waals surface area (Å²) in [7, 11) is -3.17. The number of likely N-dealkylation sites (tertiary alicyclic amines) is 1. The molecule has 0 spiro atoms. The molecule has 1 N–H and O–H groups in total. The van der Waals surface area contributed by atoms with E-state index in [0.29, 0.717) is 30.9 Å². The Labute approximate surface area is 230 Å². The summed E-state index contributed by atoms with van der Waals surface area (Å²) < 4.78 is 35.4. The number of aromatic nitrogens is 2. The third kappa shape index (κ3) is 6.09. The highest BCUT2D eigenvalue weighted by Crippen LogP contribution is 2.27. The quantitative estimate of drug-likeness (QED) is 0.349. The monoisotopic (exact) mass is 563 g/mol. The Hall–Kier alpha value is -4.38. The van der Waals surface area contributed by atoms with Crippen LogP contribution in [0.2, 0.25) is 0 Å². The second kappa shape index (κ2) is 11.0. The van der Waals surface area contributed by atoms with Gasteiger partial charge in [0.25, 0.3) is 5.91 Å². The normalized spacial score (nSPS) is 15.3. The predicted octanol–water partition coefficient (Wildman–Crippen LogP) is 2.99. The molecule has 0 aliphatic carbocycles. The van der Waals surface area contributed by atoms with Crippen molar-refractivity contribution in [1.29, 1.82) is 0 Å². The summed E-state index contributed by atoms with van der Waals surface area (Å²) in [5.74, 6) is -0.298. The summed E-state index contributed by atoms with van der Waals surface area (Å²) >= 11 is 0. The van der Waals surface area contributed by atoms with Gasteiger partial charge in [-0.2, -0.15) is 0 Å². The van der Waals surface area contributed by atoms with Gasteiger partial charge in [-0.1, -0.05) is 36.4 Å². The largest absolute Gasteiger partial charge is 0.489 e.